The quantitative estimate of drug-likeness (QED) is 0.255. The van der Waals surface area contributed by atoms with Gasteiger partial charge in [-0.25, -0.2) is 4.98 Å². The van der Waals surface area contributed by atoms with Gasteiger partial charge in [-0.3, -0.25) is 20.2 Å². The van der Waals surface area contributed by atoms with E-state index in [9.17, 15) is 20.2 Å². The maximum absolute atomic E-state index is 10.9. The number of hydrogen-bond donors (Lipinski definition) is 0. The first-order valence-electron chi connectivity index (χ1n) is 9.40. The Labute approximate surface area is 181 Å². The van der Waals surface area contributed by atoms with E-state index < -0.39 is 9.85 Å². The highest BCUT2D eigenvalue weighted by molar-refractivity contribution is 5.72. The number of nitrogens with zero attached hydrogens (tertiary/aromatic N) is 3. The lowest BCUT2D eigenvalue weighted by molar-refractivity contribution is -0.385. The summed E-state index contributed by atoms with van der Waals surface area (Å²) in [6.07, 6.45) is 1.11. The number of aromatic nitrogens is 1. The number of non-ortho nitro benzene ring substituents is 1. The zero-order chi connectivity index (χ0) is 22.5. The van der Waals surface area contributed by atoms with Crippen LogP contribution in [0.4, 0.5) is 11.4 Å². The monoisotopic (exact) mass is 429 g/mol. The molecule has 0 N–H and O–H groups in total. The van der Waals surface area contributed by atoms with Gasteiger partial charge >= 0.3 is 0 Å². The molecule has 0 aliphatic rings. The van der Waals surface area contributed by atoms with Gasteiger partial charge in [0.15, 0.2) is 0 Å². The summed E-state index contributed by atoms with van der Waals surface area (Å²) >= 11 is 0. The van der Waals surface area contributed by atoms with Gasteiger partial charge in [-0.1, -0.05) is 30.3 Å². The maximum atomic E-state index is 10.9. The first kappa shape index (κ1) is 20.5. The minimum Gasteiger partial charge on any atom is -0.457 e. The average molecular weight is 429 g/mol. The number of hydrogen-bond acceptors (Lipinski definition) is 7. The molecule has 0 aliphatic heterocycles. The van der Waals surface area contributed by atoms with Crippen LogP contribution in [-0.2, 0) is 0 Å². The second-order valence-electron chi connectivity index (χ2n) is 6.59. The van der Waals surface area contributed by atoms with E-state index in [-0.39, 0.29) is 17.3 Å². The Balaban J connectivity index is 1.66. The molecule has 9 heteroatoms. The largest absolute Gasteiger partial charge is 0.457 e. The van der Waals surface area contributed by atoms with E-state index in [1.54, 1.807) is 12.1 Å². The summed E-state index contributed by atoms with van der Waals surface area (Å²) in [6, 6.07) is 23.2. The zero-order valence-corrected chi connectivity index (χ0v) is 16.5. The van der Waals surface area contributed by atoms with E-state index in [4.69, 9.17) is 9.47 Å². The second-order valence-corrected chi connectivity index (χ2v) is 6.59. The van der Waals surface area contributed by atoms with Crippen molar-refractivity contribution in [1.82, 2.24) is 4.98 Å². The van der Waals surface area contributed by atoms with Gasteiger partial charge in [0.1, 0.15) is 23.4 Å². The Bertz CT molecular complexity index is 1260. The highest BCUT2D eigenvalue weighted by atomic mass is 16.6. The molecule has 0 amide bonds. The fraction of sp³-hybridized carbons (Fsp3) is 0. The molecular weight excluding hydrogens is 414 g/mol. The molecule has 0 unspecified atom stereocenters. The lowest BCUT2D eigenvalue weighted by Gasteiger charge is -2.14. The van der Waals surface area contributed by atoms with Crippen molar-refractivity contribution in [2.24, 2.45) is 0 Å². The smallest absolute Gasteiger partial charge is 0.287 e. The summed E-state index contributed by atoms with van der Waals surface area (Å²) in [5, 5.41) is 21.7. The van der Waals surface area contributed by atoms with E-state index in [1.165, 1.54) is 36.4 Å². The molecule has 1 aromatic heterocycles. The third-order valence-electron chi connectivity index (χ3n) is 4.47. The molecule has 0 fully saturated rings. The molecule has 1 heterocycles. The standard InChI is InChI=1S/C23H15N3O6/c27-25(28)17-6-9-19(10-7-17)31-22-14-20(11-12-21(22)16-4-2-1-3-5-16)32-23-13-8-18(15-24-23)26(29)30/h1-15H. The van der Waals surface area contributed by atoms with Crippen molar-refractivity contribution in [1.29, 1.82) is 0 Å². The van der Waals surface area contributed by atoms with Gasteiger partial charge < -0.3 is 9.47 Å². The summed E-state index contributed by atoms with van der Waals surface area (Å²) in [6.45, 7) is 0. The summed E-state index contributed by atoms with van der Waals surface area (Å²) in [4.78, 5) is 24.6. The van der Waals surface area contributed by atoms with E-state index >= 15 is 0 Å². The Morgan fingerprint density at radius 1 is 0.688 bits per heavy atom. The highest BCUT2D eigenvalue weighted by Crippen LogP contribution is 2.37. The minimum absolute atomic E-state index is 0.0398. The summed E-state index contributed by atoms with van der Waals surface area (Å²) < 4.78 is 11.7. The summed E-state index contributed by atoms with van der Waals surface area (Å²) in [5.41, 5.74) is 1.51. The molecular formula is C23H15N3O6. The van der Waals surface area contributed by atoms with Crippen molar-refractivity contribution < 1.29 is 19.3 Å². The van der Waals surface area contributed by atoms with E-state index in [0.29, 0.717) is 17.2 Å². The van der Waals surface area contributed by atoms with Crippen molar-refractivity contribution in [2.75, 3.05) is 0 Å². The molecule has 9 nitrogen and oxygen atoms in total. The molecule has 4 rings (SSSR count). The van der Waals surface area contributed by atoms with Crippen LogP contribution < -0.4 is 9.47 Å². The Morgan fingerprint density at radius 3 is 1.97 bits per heavy atom. The third-order valence-corrected chi connectivity index (χ3v) is 4.47. The van der Waals surface area contributed by atoms with Crippen LogP contribution in [0, 0.1) is 20.2 Å². The number of rotatable bonds is 7. The molecule has 0 aliphatic carbocycles. The van der Waals surface area contributed by atoms with Crippen molar-refractivity contribution in [3.63, 3.8) is 0 Å². The van der Waals surface area contributed by atoms with Crippen LogP contribution in [0.2, 0.25) is 0 Å². The summed E-state index contributed by atoms with van der Waals surface area (Å²) in [7, 11) is 0. The Kier molecular flexibility index (Phi) is 5.71. The fourth-order valence-electron chi connectivity index (χ4n) is 2.93. The van der Waals surface area contributed by atoms with Gasteiger partial charge in [-0.05, 0) is 29.8 Å². The number of pyridine rings is 1. The van der Waals surface area contributed by atoms with Crippen LogP contribution in [0.25, 0.3) is 11.1 Å². The third kappa shape index (κ3) is 4.68. The predicted molar refractivity (Wildman–Crippen MR) is 116 cm³/mol. The molecule has 3 aromatic carbocycles. The Morgan fingerprint density at radius 2 is 1.34 bits per heavy atom. The predicted octanol–water partition coefficient (Wildman–Crippen LogP) is 6.15. The molecule has 0 bridgehead atoms. The topological polar surface area (TPSA) is 118 Å². The van der Waals surface area contributed by atoms with E-state index in [0.717, 1.165) is 17.3 Å². The molecule has 158 valence electrons. The van der Waals surface area contributed by atoms with E-state index in [1.807, 2.05) is 36.4 Å². The van der Waals surface area contributed by atoms with Crippen LogP contribution in [0.1, 0.15) is 0 Å². The van der Waals surface area contributed by atoms with Gasteiger partial charge in [-0.15, -0.1) is 0 Å². The number of benzene rings is 3. The van der Waals surface area contributed by atoms with Crippen LogP contribution in [0.5, 0.6) is 23.1 Å². The van der Waals surface area contributed by atoms with E-state index in [2.05, 4.69) is 4.98 Å². The van der Waals surface area contributed by atoms with Crippen molar-refractivity contribution in [2.45, 2.75) is 0 Å². The molecule has 4 aromatic rings. The van der Waals surface area contributed by atoms with Crippen LogP contribution in [0.15, 0.2) is 91.1 Å². The lowest BCUT2D eigenvalue weighted by Crippen LogP contribution is -1.94. The molecule has 0 saturated carbocycles. The first-order chi connectivity index (χ1) is 15.5. The number of nitro benzene ring substituents is 1. The SMILES string of the molecule is O=[N+]([O-])c1ccc(Oc2cc(Oc3ccc([N+](=O)[O-])cn3)ccc2-c2ccccc2)cc1. The summed E-state index contributed by atoms with van der Waals surface area (Å²) in [5.74, 6) is 1.47. The van der Waals surface area contributed by atoms with Crippen LogP contribution in [-0.4, -0.2) is 14.8 Å². The first-order valence-corrected chi connectivity index (χ1v) is 9.40. The molecule has 0 radical (unpaired) electrons. The van der Waals surface area contributed by atoms with Gasteiger partial charge in [0.2, 0.25) is 5.88 Å². The highest BCUT2D eigenvalue weighted by Gasteiger charge is 2.13. The van der Waals surface area contributed by atoms with Gasteiger partial charge in [0.25, 0.3) is 11.4 Å². The molecule has 0 saturated heterocycles. The minimum atomic E-state index is -0.540. The molecule has 0 atom stereocenters. The normalized spacial score (nSPS) is 10.4. The Hall–Kier alpha value is -4.79. The van der Waals surface area contributed by atoms with Crippen LogP contribution >= 0.6 is 0 Å². The van der Waals surface area contributed by atoms with Crippen molar-refractivity contribution in [3.05, 3.63) is 111 Å². The lowest BCUT2D eigenvalue weighted by atomic mass is 10.0. The van der Waals surface area contributed by atoms with Crippen molar-refractivity contribution in [3.8, 4) is 34.3 Å². The maximum Gasteiger partial charge on any atom is 0.287 e. The average Bonchev–Trinajstić information content (AvgIpc) is 2.80. The van der Waals surface area contributed by atoms with Gasteiger partial charge in [0.05, 0.1) is 9.85 Å². The zero-order valence-electron chi connectivity index (χ0n) is 16.5. The molecule has 0 spiro atoms. The van der Waals surface area contributed by atoms with Gasteiger partial charge in [-0.2, -0.15) is 0 Å². The second kappa shape index (κ2) is 8.92. The molecule has 32 heavy (non-hydrogen) atoms. The fourth-order valence-corrected chi connectivity index (χ4v) is 2.93. The van der Waals surface area contributed by atoms with Crippen LogP contribution in [0.3, 0.4) is 0 Å². The van der Waals surface area contributed by atoms with Crippen molar-refractivity contribution >= 4 is 11.4 Å². The number of ether oxygens (including phenoxy) is 2. The van der Waals surface area contributed by atoms with Gasteiger partial charge in [0, 0.05) is 35.9 Å². The number of nitro groups is 2.